The Morgan fingerprint density at radius 2 is 1.72 bits per heavy atom. The highest BCUT2D eigenvalue weighted by molar-refractivity contribution is 6.35. The van der Waals surface area contributed by atoms with Crippen molar-refractivity contribution >= 4 is 28.9 Å². The molecule has 0 aromatic heterocycles. The Morgan fingerprint density at radius 3 is 2.06 bits per heavy atom. The molecule has 8 nitrogen and oxygen atoms in total. The molecule has 1 N–H and O–H groups in total. The molecule has 1 amide bonds. The second-order valence-corrected chi connectivity index (χ2v) is 3.58. The number of nitrogens with one attached hydrogen (secondary N) is 1. The van der Waals surface area contributed by atoms with E-state index in [1.165, 1.54) is 0 Å². The van der Waals surface area contributed by atoms with Crippen LogP contribution >= 0.6 is 11.6 Å². The minimum Gasteiger partial charge on any atom is -0.352 e. The molecular formula is C9H8ClN3O5. The van der Waals surface area contributed by atoms with E-state index in [4.69, 9.17) is 11.6 Å². The maximum absolute atomic E-state index is 11.5. The molecule has 0 bridgehead atoms. The Bertz CT molecular complexity index is 496. The van der Waals surface area contributed by atoms with E-state index in [9.17, 15) is 25.0 Å². The molecule has 0 saturated carbocycles. The van der Waals surface area contributed by atoms with Gasteiger partial charge in [-0.3, -0.25) is 25.0 Å². The number of rotatable bonds is 4. The van der Waals surface area contributed by atoms with Crippen molar-refractivity contribution in [1.29, 1.82) is 0 Å². The van der Waals surface area contributed by atoms with Crippen molar-refractivity contribution in [2.45, 2.75) is 6.92 Å². The number of carbonyl (C=O) groups excluding carboxylic acids is 1. The molecular weight excluding hydrogens is 266 g/mol. The predicted molar refractivity (Wildman–Crippen MR) is 62.8 cm³/mol. The van der Waals surface area contributed by atoms with Crippen LogP contribution in [-0.4, -0.2) is 22.3 Å². The molecule has 0 heterocycles. The summed E-state index contributed by atoms with van der Waals surface area (Å²) in [5, 5.41) is 23.2. The van der Waals surface area contributed by atoms with Gasteiger partial charge in [0, 0.05) is 18.7 Å². The molecule has 18 heavy (non-hydrogen) atoms. The van der Waals surface area contributed by atoms with Crippen LogP contribution in [0.15, 0.2) is 12.1 Å². The number of hydrogen-bond donors (Lipinski definition) is 1. The van der Waals surface area contributed by atoms with E-state index < -0.39 is 32.2 Å². The van der Waals surface area contributed by atoms with Crippen molar-refractivity contribution in [2.24, 2.45) is 0 Å². The molecule has 0 aliphatic heterocycles. The van der Waals surface area contributed by atoms with Crippen LogP contribution in [0, 0.1) is 20.2 Å². The Labute approximate surface area is 106 Å². The SMILES string of the molecule is CCNC(=O)c1cc([N+](=O)[O-])c(Cl)c([N+](=O)[O-])c1. The number of carbonyl (C=O) groups is 1. The summed E-state index contributed by atoms with van der Waals surface area (Å²) in [6, 6.07) is 1.81. The van der Waals surface area contributed by atoms with Gasteiger partial charge >= 0.3 is 0 Å². The summed E-state index contributed by atoms with van der Waals surface area (Å²) in [5.41, 5.74) is -1.53. The standard InChI is InChI=1S/C9H8ClN3O5/c1-2-11-9(14)5-3-6(12(15)16)8(10)7(4-5)13(17)18/h3-4H,2H2,1H3,(H,11,14). The summed E-state index contributed by atoms with van der Waals surface area (Å²) in [5.74, 6) is -0.639. The molecule has 1 rings (SSSR count). The van der Waals surface area contributed by atoms with Crippen LogP contribution in [-0.2, 0) is 0 Å². The van der Waals surface area contributed by atoms with Gasteiger partial charge in [0.15, 0.2) is 5.02 Å². The molecule has 96 valence electrons. The zero-order valence-electron chi connectivity index (χ0n) is 9.18. The van der Waals surface area contributed by atoms with Crippen LogP contribution in [0.4, 0.5) is 11.4 Å². The van der Waals surface area contributed by atoms with Gasteiger partial charge in [-0.15, -0.1) is 0 Å². The van der Waals surface area contributed by atoms with Gasteiger partial charge in [0.25, 0.3) is 17.3 Å². The van der Waals surface area contributed by atoms with Crippen molar-refractivity contribution < 1.29 is 14.6 Å². The highest BCUT2D eigenvalue weighted by Crippen LogP contribution is 2.34. The van der Waals surface area contributed by atoms with Gasteiger partial charge in [-0.05, 0) is 6.92 Å². The summed E-state index contributed by atoms with van der Waals surface area (Å²) in [7, 11) is 0. The average molecular weight is 274 g/mol. The lowest BCUT2D eigenvalue weighted by Gasteiger charge is -2.03. The first-order chi connectivity index (χ1) is 8.38. The summed E-state index contributed by atoms with van der Waals surface area (Å²) in [6.07, 6.45) is 0. The number of hydrogen-bond acceptors (Lipinski definition) is 5. The highest BCUT2D eigenvalue weighted by Gasteiger charge is 2.26. The van der Waals surface area contributed by atoms with Crippen molar-refractivity contribution in [3.8, 4) is 0 Å². The van der Waals surface area contributed by atoms with Crippen LogP contribution < -0.4 is 5.32 Å². The Balaban J connectivity index is 3.43. The van der Waals surface area contributed by atoms with Gasteiger partial charge < -0.3 is 5.32 Å². The van der Waals surface area contributed by atoms with E-state index in [1.807, 2.05) is 0 Å². The van der Waals surface area contributed by atoms with Crippen LogP contribution in [0.3, 0.4) is 0 Å². The molecule has 0 saturated heterocycles. The molecule has 0 aliphatic rings. The van der Waals surface area contributed by atoms with E-state index in [1.54, 1.807) is 6.92 Å². The molecule has 0 fully saturated rings. The number of halogens is 1. The maximum Gasteiger partial charge on any atom is 0.295 e. The van der Waals surface area contributed by atoms with Gasteiger partial charge in [-0.1, -0.05) is 11.6 Å². The number of nitro benzene ring substituents is 2. The minimum atomic E-state index is -0.877. The Kier molecular flexibility index (Phi) is 4.16. The average Bonchev–Trinajstić information content (AvgIpc) is 2.28. The Hall–Kier alpha value is -2.22. The predicted octanol–water partition coefficient (Wildman–Crippen LogP) is 1.91. The molecule has 0 aliphatic carbocycles. The van der Waals surface area contributed by atoms with Crippen molar-refractivity contribution in [2.75, 3.05) is 6.54 Å². The van der Waals surface area contributed by atoms with Gasteiger partial charge in [-0.25, -0.2) is 0 Å². The molecule has 0 radical (unpaired) electrons. The first-order valence-electron chi connectivity index (χ1n) is 4.79. The third-order valence-corrected chi connectivity index (χ3v) is 2.41. The summed E-state index contributed by atoms with van der Waals surface area (Å²) in [4.78, 5) is 31.1. The lowest BCUT2D eigenvalue weighted by atomic mass is 10.1. The number of nitrogens with zero attached hydrogens (tertiary/aromatic N) is 2. The highest BCUT2D eigenvalue weighted by atomic mass is 35.5. The van der Waals surface area contributed by atoms with Crippen molar-refractivity contribution in [1.82, 2.24) is 5.32 Å². The van der Waals surface area contributed by atoms with E-state index in [2.05, 4.69) is 5.32 Å². The summed E-state index contributed by atoms with van der Waals surface area (Å²) >= 11 is 5.54. The zero-order chi connectivity index (χ0) is 13.9. The van der Waals surface area contributed by atoms with E-state index in [0.29, 0.717) is 6.54 Å². The molecule has 1 aromatic rings. The van der Waals surface area contributed by atoms with Crippen LogP contribution in [0.5, 0.6) is 0 Å². The second kappa shape index (κ2) is 5.41. The third kappa shape index (κ3) is 2.72. The van der Waals surface area contributed by atoms with Crippen LogP contribution in [0.25, 0.3) is 0 Å². The minimum absolute atomic E-state index is 0.181. The topological polar surface area (TPSA) is 115 Å². The van der Waals surface area contributed by atoms with Gasteiger partial charge in [0.05, 0.1) is 15.4 Å². The fourth-order valence-electron chi connectivity index (χ4n) is 1.25. The fourth-order valence-corrected chi connectivity index (χ4v) is 1.50. The number of amides is 1. The molecule has 9 heteroatoms. The first kappa shape index (κ1) is 13.8. The summed E-state index contributed by atoms with van der Waals surface area (Å²) < 4.78 is 0. The van der Waals surface area contributed by atoms with E-state index in [0.717, 1.165) is 12.1 Å². The number of benzene rings is 1. The molecule has 1 aromatic carbocycles. The normalized spacial score (nSPS) is 9.89. The number of nitro groups is 2. The Morgan fingerprint density at radius 1 is 1.28 bits per heavy atom. The van der Waals surface area contributed by atoms with Crippen LogP contribution in [0.2, 0.25) is 5.02 Å². The summed E-state index contributed by atoms with van der Waals surface area (Å²) in [6.45, 7) is 1.94. The second-order valence-electron chi connectivity index (χ2n) is 3.20. The monoisotopic (exact) mass is 273 g/mol. The molecule has 0 atom stereocenters. The van der Waals surface area contributed by atoms with Gasteiger partial charge in [0.1, 0.15) is 0 Å². The zero-order valence-corrected chi connectivity index (χ0v) is 9.93. The first-order valence-corrected chi connectivity index (χ1v) is 5.16. The van der Waals surface area contributed by atoms with E-state index >= 15 is 0 Å². The van der Waals surface area contributed by atoms with Crippen LogP contribution in [0.1, 0.15) is 17.3 Å². The van der Waals surface area contributed by atoms with E-state index in [-0.39, 0.29) is 5.56 Å². The lowest BCUT2D eigenvalue weighted by Crippen LogP contribution is -2.22. The fraction of sp³-hybridized carbons (Fsp3) is 0.222. The van der Waals surface area contributed by atoms with Gasteiger partial charge in [-0.2, -0.15) is 0 Å². The lowest BCUT2D eigenvalue weighted by molar-refractivity contribution is -0.393. The third-order valence-electron chi connectivity index (χ3n) is 2.03. The quantitative estimate of drug-likeness (QED) is 0.664. The van der Waals surface area contributed by atoms with Crippen molar-refractivity contribution in [3.63, 3.8) is 0 Å². The maximum atomic E-state index is 11.5. The smallest absolute Gasteiger partial charge is 0.295 e. The van der Waals surface area contributed by atoms with Crippen molar-refractivity contribution in [3.05, 3.63) is 42.9 Å². The largest absolute Gasteiger partial charge is 0.352 e. The molecule has 0 unspecified atom stereocenters. The molecule has 0 spiro atoms. The van der Waals surface area contributed by atoms with Gasteiger partial charge in [0.2, 0.25) is 0 Å².